The van der Waals surface area contributed by atoms with Gasteiger partial charge in [-0.25, -0.2) is 5.43 Å². The molecule has 2 N–H and O–H groups in total. The van der Waals surface area contributed by atoms with Crippen molar-refractivity contribution in [3.8, 4) is 0 Å². The summed E-state index contributed by atoms with van der Waals surface area (Å²) in [6, 6.07) is 1.68. The zero-order valence-corrected chi connectivity index (χ0v) is 16.1. The predicted octanol–water partition coefficient (Wildman–Crippen LogP) is 3.49. The van der Waals surface area contributed by atoms with Crippen LogP contribution in [-0.2, 0) is 6.42 Å². The Labute approximate surface area is 158 Å². The van der Waals surface area contributed by atoms with Crippen LogP contribution < -0.4 is 10.7 Å². The first kappa shape index (κ1) is 18.9. The van der Waals surface area contributed by atoms with Gasteiger partial charge in [-0.15, -0.1) is 0 Å². The SMILES string of the molecule is CCC(C)NC(=O)c1oc2c(c1C)/C(=N/NC(=O)c1ccoc1C)CCC2. The van der Waals surface area contributed by atoms with Gasteiger partial charge in [-0.1, -0.05) is 6.92 Å². The maximum absolute atomic E-state index is 12.5. The van der Waals surface area contributed by atoms with Gasteiger partial charge < -0.3 is 14.2 Å². The number of nitrogens with one attached hydrogen (secondary N) is 2. The Balaban J connectivity index is 1.84. The second-order valence-electron chi connectivity index (χ2n) is 6.88. The normalized spacial score (nSPS) is 16.1. The molecule has 0 saturated carbocycles. The Morgan fingerprint density at radius 1 is 1.26 bits per heavy atom. The summed E-state index contributed by atoms with van der Waals surface area (Å²) in [5.41, 5.74) is 5.37. The maximum Gasteiger partial charge on any atom is 0.287 e. The Morgan fingerprint density at radius 3 is 2.70 bits per heavy atom. The predicted molar refractivity (Wildman–Crippen MR) is 101 cm³/mol. The van der Waals surface area contributed by atoms with E-state index in [1.54, 1.807) is 13.0 Å². The van der Waals surface area contributed by atoms with Crippen LogP contribution in [0, 0.1) is 13.8 Å². The summed E-state index contributed by atoms with van der Waals surface area (Å²) in [5.74, 6) is 1.08. The number of hydrazone groups is 1. The fourth-order valence-corrected chi connectivity index (χ4v) is 3.19. The molecule has 2 heterocycles. The number of amides is 2. The number of aryl methyl sites for hydroxylation is 2. The summed E-state index contributed by atoms with van der Waals surface area (Å²) in [7, 11) is 0. The number of hydrogen-bond donors (Lipinski definition) is 2. The molecule has 1 aliphatic rings. The summed E-state index contributed by atoms with van der Waals surface area (Å²) in [6.45, 7) is 7.55. The van der Waals surface area contributed by atoms with Crippen LogP contribution >= 0.6 is 0 Å². The minimum Gasteiger partial charge on any atom is -0.469 e. The average Bonchev–Trinajstić information content (AvgIpc) is 3.23. The number of nitrogens with zero attached hydrogens (tertiary/aromatic N) is 1. The van der Waals surface area contributed by atoms with Crippen LogP contribution in [0.3, 0.4) is 0 Å². The molecule has 0 saturated heterocycles. The quantitative estimate of drug-likeness (QED) is 0.786. The minimum atomic E-state index is -0.322. The summed E-state index contributed by atoms with van der Waals surface area (Å²) in [4.78, 5) is 24.8. The monoisotopic (exact) mass is 371 g/mol. The van der Waals surface area contributed by atoms with E-state index in [-0.39, 0.29) is 17.9 Å². The van der Waals surface area contributed by atoms with Crippen LogP contribution in [0.1, 0.15) is 76.7 Å². The van der Waals surface area contributed by atoms with Crippen molar-refractivity contribution in [2.75, 3.05) is 0 Å². The zero-order valence-electron chi connectivity index (χ0n) is 16.1. The second kappa shape index (κ2) is 7.82. The Kier molecular flexibility index (Phi) is 5.48. The van der Waals surface area contributed by atoms with E-state index in [0.717, 1.165) is 41.9 Å². The van der Waals surface area contributed by atoms with Crippen LogP contribution in [0.15, 0.2) is 26.3 Å². The number of fused-ring (bicyclic) bond motifs is 1. The molecule has 0 bridgehead atoms. The van der Waals surface area contributed by atoms with E-state index in [4.69, 9.17) is 8.83 Å². The number of rotatable bonds is 5. The molecule has 0 aromatic carbocycles. The van der Waals surface area contributed by atoms with Crippen molar-refractivity contribution in [1.82, 2.24) is 10.7 Å². The molecule has 0 fully saturated rings. The summed E-state index contributed by atoms with van der Waals surface area (Å²) >= 11 is 0. The number of carbonyl (C=O) groups is 2. The van der Waals surface area contributed by atoms with Gasteiger partial charge >= 0.3 is 0 Å². The molecule has 2 aromatic rings. The van der Waals surface area contributed by atoms with E-state index >= 15 is 0 Å². The highest BCUT2D eigenvalue weighted by molar-refractivity contribution is 6.07. The van der Waals surface area contributed by atoms with Gasteiger partial charge in [0.25, 0.3) is 11.8 Å². The van der Waals surface area contributed by atoms with Gasteiger partial charge in [0.05, 0.1) is 17.5 Å². The lowest BCUT2D eigenvalue weighted by Crippen LogP contribution is -2.32. The van der Waals surface area contributed by atoms with E-state index in [0.29, 0.717) is 23.5 Å². The van der Waals surface area contributed by atoms with Crippen molar-refractivity contribution >= 4 is 17.5 Å². The lowest BCUT2D eigenvalue weighted by Gasteiger charge is -2.13. The lowest BCUT2D eigenvalue weighted by molar-refractivity contribution is 0.0907. The highest BCUT2D eigenvalue weighted by Gasteiger charge is 2.28. The third-order valence-corrected chi connectivity index (χ3v) is 4.92. The first-order valence-electron chi connectivity index (χ1n) is 9.26. The molecule has 0 aliphatic heterocycles. The Bertz CT molecular complexity index is 891. The van der Waals surface area contributed by atoms with Gasteiger partial charge in [-0.2, -0.15) is 5.10 Å². The molecule has 3 rings (SSSR count). The fourth-order valence-electron chi connectivity index (χ4n) is 3.19. The lowest BCUT2D eigenvalue weighted by atomic mass is 9.93. The third kappa shape index (κ3) is 3.82. The van der Waals surface area contributed by atoms with Gasteiger partial charge in [0.1, 0.15) is 11.5 Å². The first-order chi connectivity index (χ1) is 12.9. The molecule has 144 valence electrons. The molecule has 1 aliphatic carbocycles. The summed E-state index contributed by atoms with van der Waals surface area (Å²) in [5, 5.41) is 7.25. The van der Waals surface area contributed by atoms with Crippen LogP contribution in [-0.4, -0.2) is 23.6 Å². The maximum atomic E-state index is 12.5. The Hall–Kier alpha value is -2.83. The average molecular weight is 371 g/mol. The van der Waals surface area contributed by atoms with E-state index in [1.165, 1.54) is 6.26 Å². The van der Waals surface area contributed by atoms with E-state index in [9.17, 15) is 9.59 Å². The Morgan fingerprint density at radius 2 is 2.04 bits per heavy atom. The van der Waals surface area contributed by atoms with Gasteiger partial charge in [0.15, 0.2) is 5.76 Å². The van der Waals surface area contributed by atoms with E-state index in [1.807, 2.05) is 20.8 Å². The third-order valence-electron chi connectivity index (χ3n) is 4.92. The standard InChI is InChI=1S/C20H25N3O4/c1-5-11(2)21-20(25)18-12(3)17-15(7-6-8-16(17)27-18)22-23-19(24)14-9-10-26-13(14)4/h9-11H,5-8H2,1-4H3,(H,21,25)(H,23,24)/b22-15+. The number of carbonyl (C=O) groups excluding carboxylic acids is 2. The number of furan rings is 2. The van der Waals surface area contributed by atoms with Crippen LogP contribution in [0.2, 0.25) is 0 Å². The first-order valence-corrected chi connectivity index (χ1v) is 9.26. The van der Waals surface area contributed by atoms with E-state index in [2.05, 4.69) is 15.8 Å². The highest BCUT2D eigenvalue weighted by atomic mass is 16.4. The van der Waals surface area contributed by atoms with Crippen molar-refractivity contribution < 1.29 is 18.4 Å². The molecule has 1 atom stereocenters. The second-order valence-corrected chi connectivity index (χ2v) is 6.88. The van der Waals surface area contributed by atoms with Crippen molar-refractivity contribution in [2.45, 2.75) is 59.4 Å². The topological polar surface area (TPSA) is 96.8 Å². The molecular weight excluding hydrogens is 346 g/mol. The molecule has 1 unspecified atom stereocenters. The molecule has 2 amide bonds. The van der Waals surface area contributed by atoms with E-state index < -0.39 is 0 Å². The fraction of sp³-hybridized carbons (Fsp3) is 0.450. The molecule has 0 spiro atoms. The summed E-state index contributed by atoms with van der Waals surface area (Å²) < 4.78 is 11.0. The summed E-state index contributed by atoms with van der Waals surface area (Å²) in [6.07, 6.45) is 4.63. The van der Waals surface area contributed by atoms with Crippen molar-refractivity contribution in [3.63, 3.8) is 0 Å². The van der Waals surface area contributed by atoms with Gasteiger partial charge in [-0.3, -0.25) is 9.59 Å². The molecule has 7 nitrogen and oxygen atoms in total. The smallest absolute Gasteiger partial charge is 0.287 e. The van der Waals surface area contributed by atoms with Crippen molar-refractivity contribution in [3.05, 3.63) is 46.3 Å². The van der Waals surface area contributed by atoms with Crippen LogP contribution in [0.4, 0.5) is 0 Å². The zero-order chi connectivity index (χ0) is 19.6. The van der Waals surface area contributed by atoms with Crippen LogP contribution in [0.5, 0.6) is 0 Å². The van der Waals surface area contributed by atoms with Gasteiger partial charge in [-0.05, 0) is 46.1 Å². The number of hydrogen-bond acceptors (Lipinski definition) is 5. The molecule has 0 radical (unpaired) electrons. The molecule has 7 heteroatoms. The molecule has 27 heavy (non-hydrogen) atoms. The molecular formula is C20H25N3O4. The largest absolute Gasteiger partial charge is 0.469 e. The van der Waals surface area contributed by atoms with Gasteiger partial charge in [0, 0.05) is 23.6 Å². The molecule has 2 aromatic heterocycles. The highest BCUT2D eigenvalue weighted by Crippen LogP contribution is 2.30. The van der Waals surface area contributed by atoms with Crippen LogP contribution in [0.25, 0.3) is 0 Å². The van der Waals surface area contributed by atoms with Crippen molar-refractivity contribution in [1.29, 1.82) is 0 Å². The minimum absolute atomic E-state index is 0.0738. The van der Waals surface area contributed by atoms with Crippen molar-refractivity contribution in [2.24, 2.45) is 5.10 Å². The van der Waals surface area contributed by atoms with Gasteiger partial charge in [0.2, 0.25) is 0 Å².